The van der Waals surface area contributed by atoms with Crippen molar-refractivity contribution in [3.63, 3.8) is 0 Å². The highest BCUT2D eigenvalue weighted by Crippen LogP contribution is 2.13. The minimum atomic E-state index is -0.107. The van der Waals surface area contributed by atoms with Crippen molar-refractivity contribution in [1.82, 2.24) is 9.80 Å². The van der Waals surface area contributed by atoms with E-state index >= 15 is 0 Å². The highest BCUT2D eigenvalue weighted by molar-refractivity contribution is 5.89. The fraction of sp³-hybridized carbons (Fsp3) is 0.364. The summed E-state index contributed by atoms with van der Waals surface area (Å²) < 4.78 is 0. The molecule has 142 valence electrons. The molecule has 0 aromatic heterocycles. The molecular formula is C22H27N3O2. The van der Waals surface area contributed by atoms with Gasteiger partial charge >= 0.3 is 6.03 Å². The lowest BCUT2D eigenvalue weighted by atomic mass is 10.0. The van der Waals surface area contributed by atoms with Crippen LogP contribution in [0.4, 0.5) is 10.5 Å². The van der Waals surface area contributed by atoms with E-state index in [9.17, 15) is 9.59 Å². The van der Waals surface area contributed by atoms with Gasteiger partial charge in [0.15, 0.2) is 0 Å². The van der Waals surface area contributed by atoms with Gasteiger partial charge in [0.25, 0.3) is 0 Å². The number of carbonyl (C=O) groups is 2. The highest BCUT2D eigenvalue weighted by atomic mass is 16.2. The van der Waals surface area contributed by atoms with Crippen LogP contribution in [0.3, 0.4) is 0 Å². The predicted molar refractivity (Wildman–Crippen MR) is 108 cm³/mol. The van der Waals surface area contributed by atoms with Gasteiger partial charge in [-0.2, -0.15) is 0 Å². The van der Waals surface area contributed by atoms with Gasteiger partial charge in [0, 0.05) is 31.9 Å². The van der Waals surface area contributed by atoms with Crippen LogP contribution in [0.5, 0.6) is 0 Å². The zero-order chi connectivity index (χ0) is 19.2. The van der Waals surface area contributed by atoms with Gasteiger partial charge < -0.3 is 15.1 Å². The van der Waals surface area contributed by atoms with E-state index < -0.39 is 0 Å². The van der Waals surface area contributed by atoms with Crippen molar-refractivity contribution in [3.05, 3.63) is 65.2 Å². The van der Waals surface area contributed by atoms with Crippen LogP contribution in [-0.4, -0.2) is 47.9 Å². The van der Waals surface area contributed by atoms with E-state index in [0.717, 1.165) is 17.7 Å². The third-order valence-electron chi connectivity index (χ3n) is 5.09. The molecule has 1 fully saturated rings. The average molecular weight is 365 g/mol. The summed E-state index contributed by atoms with van der Waals surface area (Å²) in [5.74, 6) is 0.128. The first-order valence-corrected chi connectivity index (χ1v) is 9.48. The summed E-state index contributed by atoms with van der Waals surface area (Å²) >= 11 is 0. The van der Waals surface area contributed by atoms with E-state index in [-0.39, 0.29) is 11.9 Å². The second-order valence-corrected chi connectivity index (χ2v) is 7.11. The second-order valence-electron chi connectivity index (χ2n) is 7.11. The highest BCUT2D eigenvalue weighted by Gasteiger charge is 2.22. The van der Waals surface area contributed by atoms with Gasteiger partial charge in [0.2, 0.25) is 5.91 Å². The minimum absolute atomic E-state index is 0.107. The summed E-state index contributed by atoms with van der Waals surface area (Å²) in [6.45, 7) is 6.62. The van der Waals surface area contributed by atoms with Gasteiger partial charge in [0.05, 0.1) is 6.42 Å². The van der Waals surface area contributed by atoms with Gasteiger partial charge in [-0.25, -0.2) is 4.79 Å². The van der Waals surface area contributed by atoms with E-state index in [1.165, 1.54) is 11.1 Å². The maximum atomic E-state index is 12.7. The Morgan fingerprint density at radius 3 is 2.33 bits per heavy atom. The number of hydrogen-bond donors (Lipinski definition) is 1. The number of para-hydroxylation sites is 1. The van der Waals surface area contributed by atoms with Crippen molar-refractivity contribution in [2.75, 3.05) is 31.5 Å². The number of nitrogens with one attached hydrogen (secondary N) is 1. The molecule has 5 heteroatoms. The summed E-state index contributed by atoms with van der Waals surface area (Å²) in [7, 11) is 0. The number of hydrogen-bond acceptors (Lipinski definition) is 2. The number of rotatable bonds is 3. The Bertz CT molecular complexity index is 804. The largest absolute Gasteiger partial charge is 0.341 e. The molecule has 0 radical (unpaired) electrons. The van der Waals surface area contributed by atoms with Crippen LogP contribution in [0.15, 0.2) is 48.5 Å². The Morgan fingerprint density at radius 2 is 1.59 bits per heavy atom. The summed E-state index contributed by atoms with van der Waals surface area (Å²) in [5, 5.41) is 2.92. The van der Waals surface area contributed by atoms with Crippen molar-refractivity contribution < 1.29 is 9.59 Å². The molecule has 2 aromatic rings. The normalized spacial score (nSPS) is 14.6. The molecule has 0 unspecified atom stereocenters. The van der Waals surface area contributed by atoms with Crippen LogP contribution >= 0.6 is 0 Å². The molecule has 0 saturated carbocycles. The molecule has 1 aliphatic heterocycles. The molecule has 3 amide bonds. The lowest BCUT2D eigenvalue weighted by Gasteiger charge is -2.22. The predicted octanol–water partition coefficient (Wildman–Crippen LogP) is 3.61. The zero-order valence-electron chi connectivity index (χ0n) is 16.1. The maximum absolute atomic E-state index is 12.7. The molecule has 0 atom stereocenters. The monoisotopic (exact) mass is 365 g/mol. The minimum Gasteiger partial charge on any atom is -0.341 e. The number of carbonyl (C=O) groups excluding carboxylic acids is 2. The SMILES string of the molecule is Cc1ccc(CC(=O)N2CCCN(C(=O)Nc3ccccc3)CC2)cc1C. The molecule has 2 aromatic carbocycles. The van der Waals surface area contributed by atoms with Gasteiger partial charge in [-0.05, 0) is 49.1 Å². The molecule has 5 nitrogen and oxygen atoms in total. The van der Waals surface area contributed by atoms with Crippen LogP contribution in [-0.2, 0) is 11.2 Å². The molecule has 1 N–H and O–H groups in total. The van der Waals surface area contributed by atoms with Crippen LogP contribution in [0.2, 0.25) is 0 Å². The molecule has 3 rings (SSSR count). The molecular weight excluding hydrogens is 338 g/mol. The van der Waals surface area contributed by atoms with Gasteiger partial charge in [-0.15, -0.1) is 0 Å². The lowest BCUT2D eigenvalue weighted by molar-refractivity contribution is -0.130. The Kier molecular flexibility index (Phi) is 6.12. The first kappa shape index (κ1) is 19.0. The van der Waals surface area contributed by atoms with Crippen LogP contribution in [0, 0.1) is 13.8 Å². The number of anilines is 1. The fourth-order valence-electron chi connectivity index (χ4n) is 3.29. The smallest absolute Gasteiger partial charge is 0.321 e. The molecule has 27 heavy (non-hydrogen) atoms. The topological polar surface area (TPSA) is 52.7 Å². The second kappa shape index (κ2) is 8.71. The molecule has 0 bridgehead atoms. The number of aryl methyl sites for hydroxylation is 2. The Morgan fingerprint density at radius 1 is 0.889 bits per heavy atom. The molecule has 1 heterocycles. The number of benzene rings is 2. The Balaban J connectivity index is 1.55. The number of nitrogens with zero attached hydrogens (tertiary/aromatic N) is 2. The van der Waals surface area contributed by atoms with Gasteiger partial charge in [-0.1, -0.05) is 36.4 Å². The average Bonchev–Trinajstić information content (AvgIpc) is 2.92. The Hall–Kier alpha value is -2.82. The summed E-state index contributed by atoms with van der Waals surface area (Å²) in [5.41, 5.74) is 4.28. The summed E-state index contributed by atoms with van der Waals surface area (Å²) in [6.07, 6.45) is 1.21. The maximum Gasteiger partial charge on any atom is 0.321 e. The van der Waals surface area contributed by atoms with Crippen molar-refractivity contribution in [3.8, 4) is 0 Å². The van der Waals surface area contributed by atoms with Crippen LogP contribution in [0.1, 0.15) is 23.1 Å². The first-order valence-electron chi connectivity index (χ1n) is 9.48. The zero-order valence-corrected chi connectivity index (χ0v) is 16.1. The number of amides is 3. The van der Waals surface area contributed by atoms with E-state index in [2.05, 4.69) is 31.3 Å². The third-order valence-corrected chi connectivity index (χ3v) is 5.09. The fourth-order valence-corrected chi connectivity index (χ4v) is 3.29. The van der Waals surface area contributed by atoms with Crippen LogP contribution in [0.25, 0.3) is 0 Å². The molecule has 0 spiro atoms. The third kappa shape index (κ3) is 5.09. The van der Waals surface area contributed by atoms with E-state index in [1.54, 1.807) is 4.90 Å². The standard InChI is InChI=1S/C22H27N3O2/c1-17-9-10-19(15-18(17)2)16-21(26)24-11-6-12-25(14-13-24)22(27)23-20-7-4-3-5-8-20/h3-5,7-10,15H,6,11-14,16H2,1-2H3,(H,23,27). The van der Waals surface area contributed by atoms with Crippen LogP contribution < -0.4 is 5.32 Å². The van der Waals surface area contributed by atoms with Crippen molar-refractivity contribution >= 4 is 17.6 Å². The molecule has 0 aliphatic carbocycles. The first-order chi connectivity index (χ1) is 13.0. The van der Waals surface area contributed by atoms with E-state index in [0.29, 0.717) is 32.6 Å². The lowest BCUT2D eigenvalue weighted by Crippen LogP contribution is -2.39. The van der Waals surface area contributed by atoms with Crippen molar-refractivity contribution in [2.24, 2.45) is 0 Å². The molecule has 1 aliphatic rings. The van der Waals surface area contributed by atoms with Crippen molar-refractivity contribution in [2.45, 2.75) is 26.7 Å². The van der Waals surface area contributed by atoms with E-state index in [4.69, 9.17) is 0 Å². The molecule has 1 saturated heterocycles. The quantitative estimate of drug-likeness (QED) is 0.903. The summed E-state index contributed by atoms with van der Waals surface area (Å²) in [4.78, 5) is 28.8. The summed E-state index contributed by atoms with van der Waals surface area (Å²) in [6, 6.07) is 15.5. The van der Waals surface area contributed by atoms with Gasteiger partial charge in [0.1, 0.15) is 0 Å². The Labute approximate surface area is 161 Å². The van der Waals surface area contributed by atoms with Crippen molar-refractivity contribution in [1.29, 1.82) is 0 Å². The van der Waals surface area contributed by atoms with E-state index in [1.807, 2.05) is 41.3 Å². The van der Waals surface area contributed by atoms with Gasteiger partial charge in [-0.3, -0.25) is 4.79 Å². The number of urea groups is 1.